The number of ketones is 1. The molecule has 4 aliphatic carbocycles. The third-order valence-corrected chi connectivity index (χ3v) is 20.9. The number of carbonyl (C=O) groups excluding carboxylic acids is 6. The van der Waals surface area contributed by atoms with Crippen molar-refractivity contribution in [3.8, 4) is 0 Å². The zero-order valence-electron chi connectivity index (χ0n) is 52.5. The smallest absolute Gasteiger partial charge is 0.352 e. The number of nitrogens with two attached hydrogens (primary N) is 2. The average Bonchev–Trinajstić information content (AvgIpc) is 1.36. The summed E-state index contributed by atoms with van der Waals surface area (Å²) in [7, 11) is 1.87. The molecular formula is C63H87FN12O12S2. The molecule has 0 bridgehead atoms. The molecule has 0 spiro atoms. The zero-order valence-corrected chi connectivity index (χ0v) is 54.1. The second kappa shape index (κ2) is 29.8. The minimum Gasteiger partial charge on any atom is -0.480 e. The molecular weight excluding hydrogens is 1200 g/mol. The van der Waals surface area contributed by atoms with Crippen molar-refractivity contribution in [1.29, 1.82) is 0 Å². The molecule has 12 N–H and O–H groups in total. The Morgan fingerprint density at radius 1 is 0.956 bits per heavy atom. The quantitative estimate of drug-likeness (QED) is 0.0406. The minimum atomic E-state index is -1.94. The predicted octanol–water partition coefficient (Wildman–Crippen LogP) is 5.63. The Labute approximate surface area is 532 Å². The van der Waals surface area contributed by atoms with Crippen molar-refractivity contribution in [2.24, 2.45) is 28.6 Å². The monoisotopic (exact) mass is 1290 g/mol. The number of aliphatic hydroxyl groups is 2. The van der Waals surface area contributed by atoms with E-state index in [9.17, 15) is 58.8 Å². The Hall–Kier alpha value is -7.23. The van der Waals surface area contributed by atoms with Crippen LogP contribution >= 0.6 is 23.5 Å². The van der Waals surface area contributed by atoms with Gasteiger partial charge in [0.25, 0.3) is 17.7 Å². The molecule has 90 heavy (non-hydrogen) atoms. The van der Waals surface area contributed by atoms with Gasteiger partial charge in [-0.15, -0.1) is 11.8 Å². The number of hydrogen-bond acceptors (Lipinski definition) is 19. The number of aromatic nitrogens is 4. The summed E-state index contributed by atoms with van der Waals surface area (Å²) in [6, 6.07) is 5.29. The molecule has 1 aromatic carbocycles. The Bertz CT molecular complexity index is 3300. The maximum atomic E-state index is 17.1. The van der Waals surface area contributed by atoms with Crippen molar-refractivity contribution in [1.82, 2.24) is 46.1 Å². The van der Waals surface area contributed by atoms with Crippen LogP contribution in [0.4, 0.5) is 21.8 Å². The lowest BCUT2D eigenvalue weighted by atomic mass is 9.44. The molecule has 490 valence electrons. The van der Waals surface area contributed by atoms with Crippen LogP contribution in [0, 0.1) is 28.6 Å². The van der Waals surface area contributed by atoms with Crippen LogP contribution in [0.5, 0.6) is 0 Å². The highest BCUT2D eigenvalue weighted by atomic mass is 32.2. The van der Waals surface area contributed by atoms with E-state index in [0.29, 0.717) is 110 Å². The van der Waals surface area contributed by atoms with Gasteiger partial charge in [-0.3, -0.25) is 33.7 Å². The van der Waals surface area contributed by atoms with E-state index < -0.39 is 64.1 Å². The summed E-state index contributed by atoms with van der Waals surface area (Å²) in [6.45, 7) is 14.3. The number of carboxylic acids is 2. The predicted molar refractivity (Wildman–Crippen MR) is 342 cm³/mol. The molecule has 4 fully saturated rings. The number of nitrogens with one attached hydrogen (secondary N) is 4. The highest BCUT2D eigenvalue weighted by Crippen LogP contribution is 2.70. The first-order chi connectivity index (χ1) is 42.6. The second-order valence-corrected chi connectivity index (χ2v) is 26.7. The number of alkyl halides is 1. The van der Waals surface area contributed by atoms with Gasteiger partial charge in [-0.05, 0) is 106 Å². The molecule has 11 atom stereocenters. The number of hydrogen-bond donors (Lipinski definition) is 10. The average molecular weight is 1290 g/mol. The van der Waals surface area contributed by atoms with Crippen LogP contribution in [0.25, 0.3) is 11.2 Å². The molecule has 27 heteroatoms. The number of amides is 5. The summed E-state index contributed by atoms with van der Waals surface area (Å²) >= 11 is 2.98. The molecule has 6 aliphatic rings. The number of fused-ring (bicyclic) bond motifs is 7. The summed E-state index contributed by atoms with van der Waals surface area (Å²) < 4.78 is 17.1. The molecule has 2 aliphatic heterocycles. The number of benzene rings is 1. The van der Waals surface area contributed by atoms with Crippen LogP contribution in [-0.4, -0.2) is 165 Å². The molecule has 1 unspecified atom stereocenters. The highest BCUT2D eigenvalue weighted by molar-refractivity contribution is 8.01. The minimum absolute atomic E-state index is 0.0133. The number of carboxylic acid groups (broad SMARTS) is 2. The fourth-order valence-corrected chi connectivity index (χ4v) is 16.1. The molecule has 3 aromatic rings. The van der Waals surface area contributed by atoms with Crippen molar-refractivity contribution in [2.75, 3.05) is 53.8 Å². The number of anilines is 3. The number of rotatable bonds is 23. The van der Waals surface area contributed by atoms with Gasteiger partial charge < -0.3 is 58.1 Å². The van der Waals surface area contributed by atoms with E-state index >= 15 is 4.39 Å². The molecule has 0 radical (unpaired) electrons. The maximum Gasteiger partial charge on any atom is 0.352 e. The fraction of sp³-hybridized carbons (Fsp3) is 0.587. The standard InChI is InChI=1S/C27H40FNO4.C20H24N8O3.C16H23N3O5S2/c1-5-6-7-8-13-29-23(32)27(33)17(2)14-21-20-10-9-18-15-19(30)11-12-24(18,3)26(20,28)22(31)16-25(21,27)4;1-3-4-14(19(30)31)25-18(29)11-5-7-13(8-6-11)28(2)10-12-9-23-17-15(24-12)16(21)26-20(22)27-17;1-3-4-11(21)18-12-14(22)19-13(16(23)24)10(8-26-15(12)19)7-25-6-5-17-9(2)20/h11-12,15,17,20-22,31,33H,5-10,13-14,16H2,1-4H3,(H,29,32);5-9,14H,3-4,10H2,1-2H3,(H,25,29)(H,30,31)(H4,21,22,23,26,27);12,15H,3-8H2,1-2H3,(H,17,20)(H,18,21)(H,23,24)/t17-,20?,21+,22+,24+,25+,26+,27+;14-;12-,15-/m101/s1. The van der Waals surface area contributed by atoms with Crippen molar-refractivity contribution >= 4 is 99.4 Å². The first-order valence-electron chi connectivity index (χ1n) is 30.8. The van der Waals surface area contributed by atoms with E-state index in [1.54, 1.807) is 43.5 Å². The number of halogens is 1. The topological polar surface area (TPSA) is 376 Å². The lowest BCUT2D eigenvalue weighted by Gasteiger charge is -2.62. The molecule has 24 nitrogen and oxygen atoms in total. The normalized spacial score (nSPS) is 27.3. The van der Waals surface area contributed by atoms with Gasteiger partial charge in [0.2, 0.25) is 17.8 Å². The van der Waals surface area contributed by atoms with Crippen LogP contribution in [0.3, 0.4) is 0 Å². The van der Waals surface area contributed by atoms with Crippen LogP contribution in [-0.2, 0) is 40.1 Å². The number of β-lactam (4-membered cyclic amide) rings is 1. The first kappa shape index (κ1) is 70.2. The van der Waals surface area contributed by atoms with Crippen LogP contribution in [0.15, 0.2) is 65.5 Å². The Balaban J connectivity index is 0.000000194. The number of thioether (sulfide) groups is 2. The Morgan fingerprint density at radius 3 is 2.33 bits per heavy atom. The van der Waals surface area contributed by atoms with Crippen LogP contribution < -0.4 is 37.6 Å². The number of allylic oxidation sites excluding steroid dienone is 4. The van der Waals surface area contributed by atoms with E-state index in [-0.39, 0.29) is 70.5 Å². The summed E-state index contributed by atoms with van der Waals surface area (Å²) in [5.74, 6) is -3.01. The number of nitrogens with zero attached hydrogens (tertiary/aromatic N) is 6. The highest BCUT2D eigenvalue weighted by Gasteiger charge is 2.76. The fourth-order valence-electron chi connectivity index (χ4n) is 13.7. The Morgan fingerprint density at radius 2 is 1.68 bits per heavy atom. The maximum absolute atomic E-state index is 17.1. The molecule has 3 saturated carbocycles. The summed E-state index contributed by atoms with van der Waals surface area (Å²) in [5.41, 5.74) is 9.90. The van der Waals surface area contributed by atoms with Crippen molar-refractivity contribution in [3.05, 3.63) is 76.8 Å². The third kappa shape index (κ3) is 14.6. The number of aliphatic carboxylic acids is 2. The van der Waals surface area contributed by atoms with Crippen molar-refractivity contribution in [3.63, 3.8) is 0 Å². The van der Waals surface area contributed by atoms with Gasteiger partial charge in [-0.25, -0.2) is 23.9 Å². The van der Waals surface area contributed by atoms with Gasteiger partial charge in [0.1, 0.15) is 23.2 Å². The van der Waals surface area contributed by atoms with Gasteiger partial charge >= 0.3 is 11.9 Å². The van der Waals surface area contributed by atoms with Crippen LogP contribution in [0.1, 0.15) is 142 Å². The number of carbonyl (C=O) groups is 8. The molecule has 2 aromatic heterocycles. The van der Waals surface area contributed by atoms with Gasteiger partial charge in [0.15, 0.2) is 34.0 Å². The van der Waals surface area contributed by atoms with Gasteiger partial charge in [0, 0.05) is 78.7 Å². The van der Waals surface area contributed by atoms with Crippen molar-refractivity contribution in [2.45, 2.75) is 167 Å². The Kier molecular flexibility index (Phi) is 23.3. The van der Waals surface area contributed by atoms with Crippen molar-refractivity contribution < 1.29 is 63.2 Å². The second-order valence-electron chi connectivity index (χ2n) is 24.5. The molecule has 9 rings (SSSR count). The van der Waals surface area contributed by atoms with Gasteiger partial charge in [0.05, 0.1) is 24.5 Å². The first-order valence-corrected chi connectivity index (χ1v) is 33.0. The van der Waals surface area contributed by atoms with Crippen LogP contribution in [0.2, 0.25) is 0 Å². The van der Waals surface area contributed by atoms with Gasteiger partial charge in [-0.1, -0.05) is 72.0 Å². The molecule has 5 amide bonds. The van der Waals surface area contributed by atoms with E-state index in [0.717, 1.165) is 36.9 Å². The third-order valence-electron chi connectivity index (χ3n) is 18.5. The lowest BCUT2D eigenvalue weighted by molar-refractivity contribution is -0.219. The number of nitrogen functional groups attached to an aromatic ring is 2. The summed E-state index contributed by atoms with van der Waals surface area (Å²) in [5, 5.41) is 52.5. The molecule has 1 saturated heterocycles. The number of unbranched alkanes of at least 4 members (excludes halogenated alkanes) is 3. The van der Waals surface area contributed by atoms with E-state index in [1.807, 2.05) is 39.6 Å². The zero-order chi connectivity index (χ0) is 66.0. The number of aliphatic hydroxyl groups excluding tert-OH is 1. The molecule has 4 heterocycles. The summed E-state index contributed by atoms with van der Waals surface area (Å²) in [6.07, 6.45) is 12.6. The van der Waals surface area contributed by atoms with Gasteiger partial charge in [-0.2, -0.15) is 21.7 Å². The van der Waals surface area contributed by atoms with E-state index in [1.165, 1.54) is 47.5 Å². The SMILES string of the molecule is CCCC(=O)N[C@@H]1C(=O)N2C(C(=O)O)=C(CSCCNC(C)=O)CS[C@H]12.CCCCCCNC(=O)[C@@]1(O)[C@H](C)C[C@H]2C3CCC4=CC(=O)C=C[C@]4(C)[C@@]3(F)[C@@H](O)C[C@@]21C.CCC[C@H](NC(=O)c1ccc(N(C)Cc2cnc3nc(N)nc(N)c3n2)cc1)C(=O)O. The summed E-state index contributed by atoms with van der Waals surface area (Å²) in [4.78, 5) is 115. The lowest BCUT2D eigenvalue weighted by Crippen LogP contribution is -2.70. The largest absolute Gasteiger partial charge is 0.480 e. The van der Waals surface area contributed by atoms with E-state index in [4.69, 9.17) is 11.5 Å². The van der Waals surface area contributed by atoms with E-state index in [2.05, 4.69) is 48.1 Å².